The van der Waals surface area contributed by atoms with E-state index in [0.29, 0.717) is 18.9 Å². The number of ether oxygens (including phenoxy) is 4. The van der Waals surface area contributed by atoms with Crippen LogP contribution in [-0.4, -0.2) is 60.0 Å². The first kappa shape index (κ1) is 20.7. The molecule has 9 heteroatoms. The fraction of sp³-hybridized carbons (Fsp3) is 0.320. The number of aromatic amines is 1. The van der Waals surface area contributed by atoms with Crippen LogP contribution >= 0.6 is 0 Å². The van der Waals surface area contributed by atoms with Gasteiger partial charge in [-0.05, 0) is 29.8 Å². The number of methoxy groups -OCH3 is 2. The number of aromatic nitrogens is 4. The minimum absolute atomic E-state index is 0.216. The van der Waals surface area contributed by atoms with Crippen molar-refractivity contribution in [2.45, 2.75) is 18.6 Å². The summed E-state index contributed by atoms with van der Waals surface area (Å²) in [5.41, 5.74) is 5.77. The van der Waals surface area contributed by atoms with E-state index in [1.807, 2.05) is 24.3 Å². The van der Waals surface area contributed by atoms with Crippen molar-refractivity contribution in [3.8, 4) is 17.4 Å². The Hall–Kier alpha value is -3.85. The van der Waals surface area contributed by atoms with E-state index < -0.39 is 0 Å². The minimum atomic E-state index is -0.216. The van der Waals surface area contributed by atoms with Crippen LogP contribution in [0.15, 0.2) is 48.9 Å². The van der Waals surface area contributed by atoms with Gasteiger partial charge in [0.2, 0.25) is 5.88 Å². The third-order valence-electron chi connectivity index (χ3n) is 6.37. The molecule has 2 aliphatic rings. The summed E-state index contributed by atoms with van der Waals surface area (Å²) in [5.74, 6) is 2.03. The lowest BCUT2D eigenvalue weighted by Crippen LogP contribution is -2.52. The number of benzene rings is 1. The lowest BCUT2D eigenvalue weighted by Gasteiger charge is -2.40. The first-order valence-electron chi connectivity index (χ1n) is 11.2. The van der Waals surface area contributed by atoms with Crippen molar-refractivity contribution in [1.29, 1.82) is 0 Å². The zero-order valence-electron chi connectivity index (χ0n) is 19.0. The molecule has 3 aromatic heterocycles. The highest BCUT2D eigenvalue weighted by Crippen LogP contribution is 2.38. The summed E-state index contributed by atoms with van der Waals surface area (Å²) in [5, 5.41) is 0. The standard InChI is InChI=1S/C25H25N5O4/c1-31-17-11-30(12-17)20-9-19-25(28-14-27-19)29-18(20)7-15-3-5-21-22(8-15)33-13-23(34-21)16-4-6-24(32-2)26-10-16/h3-6,8-10,14,17,23H,7,11-13H2,1-2H3,(H,27,28,29). The molecule has 1 unspecified atom stereocenters. The Morgan fingerprint density at radius 3 is 2.79 bits per heavy atom. The second-order valence-electron chi connectivity index (χ2n) is 8.50. The molecule has 0 aliphatic carbocycles. The van der Waals surface area contributed by atoms with Crippen molar-refractivity contribution in [3.63, 3.8) is 0 Å². The number of pyridine rings is 2. The maximum Gasteiger partial charge on any atom is 0.212 e. The fourth-order valence-electron chi connectivity index (χ4n) is 4.37. The van der Waals surface area contributed by atoms with Crippen LogP contribution in [0.25, 0.3) is 11.2 Å². The van der Waals surface area contributed by atoms with Crippen LogP contribution < -0.4 is 19.1 Å². The molecule has 174 valence electrons. The zero-order valence-corrected chi connectivity index (χ0v) is 19.0. The van der Waals surface area contributed by atoms with E-state index in [4.69, 9.17) is 23.9 Å². The summed E-state index contributed by atoms with van der Waals surface area (Å²) in [7, 11) is 3.35. The number of nitrogens with zero attached hydrogens (tertiary/aromatic N) is 4. The number of hydrogen-bond donors (Lipinski definition) is 1. The van der Waals surface area contributed by atoms with Crippen molar-refractivity contribution >= 4 is 16.9 Å². The van der Waals surface area contributed by atoms with Crippen LogP contribution in [-0.2, 0) is 11.2 Å². The third-order valence-corrected chi connectivity index (χ3v) is 6.37. The third kappa shape index (κ3) is 3.77. The van der Waals surface area contributed by atoms with E-state index in [2.05, 4.69) is 32.0 Å². The molecule has 4 aromatic rings. The van der Waals surface area contributed by atoms with E-state index in [0.717, 1.165) is 58.3 Å². The van der Waals surface area contributed by atoms with Crippen molar-refractivity contribution in [2.75, 3.05) is 38.8 Å². The molecule has 9 nitrogen and oxygen atoms in total. The Bertz CT molecular complexity index is 1320. The predicted octanol–water partition coefficient (Wildman–Crippen LogP) is 3.30. The number of imidazole rings is 1. The Morgan fingerprint density at radius 2 is 2.00 bits per heavy atom. The molecule has 34 heavy (non-hydrogen) atoms. The van der Waals surface area contributed by atoms with Gasteiger partial charge in [-0.25, -0.2) is 15.0 Å². The summed E-state index contributed by atoms with van der Waals surface area (Å²) in [6.45, 7) is 2.13. The second-order valence-corrected chi connectivity index (χ2v) is 8.50. The van der Waals surface area contributed by atoms with E-state index in [9.17, 15) is 0 Å². The highest BCUT2D eigenvalue weighted by molar-refractivity contribution is 5.77. The molecule has 1 aromatic carbocycles. The van der Waals surface area contributed by atoms with Crippen molar-refractivity contribution in [2.24, 2.45) is 0 Å². The Labute approximate surface area is 196 Å². The maximum absolute atomic E-state index is 6.20. The van der Waals surface area contributed by atoms with Crippen LogP contribution in [0, 0.1) is 0 Å². The zero-order chi connectivity index (χ0) is 23.1. The van der Waals surface area contributed by atoms with E-state index in [-0.39, 0.29) is 12.2 Å². The summed E-state index contributed by atoms with van der Waals surface area (Å²) in [4.78, 5) is 18.9. The van der Waals surface area contributed by atoms with Crippen LogP contribution in [0.3, 0.4) is 0 Å². The number of hydrogen-bond acceptors (Lipinski definition) is 8. The highest BCUT2D eigenvalue weighted by atomic mass is 16.6. The molecular formula is C25H25N5O4. The Balaban J connectivity index is 1.23. The summed E-state index contributed by atoms with van der Waals surface area (Å²) < 4.78 is 22.9. The van der Waals surface area contributed by atoms with Crippen LogP contribution in [0.2, 0.25) is 0 Å². The summed E-state index contributed by atoms with van der Waals surface area (Å²) in [6.07, 6.45) is 4.14. The number of nitrogens with one attached hydrogen (secondary N) is 1. The molecule has 0 amide bonds. The normalized spacial score (nSPS) is 17.6. The minimum Gasteiger partial charge on any atom is -0.485 e. The number of rotatable bonds is 6. The van der Waals surface area contributed by atoms with E-state index in [1.54, 1.807) is 26.7 Å². The summed E-state index contributed by atoms with van der Waals surface area (Å²) in [6, 6.07) is 12.0. The van der Waals surface area contributed by atoms with E-state index >= 15 is 0 Å². The van der Waals surface area contributed by atoms with Crippen LogP contribution in [0.5, 0.6) is 17.4 Å². The molecule has 1 N–H and O–H groups in total. The second kappa shape index (κ2) is 8.49. The van der Waals surface area contributed by atoms with Gasteiger partial charge in [0.1, 0.15) is 6.61 Å². The molecule has 1 atom stereocenters. The first-order chi connectivity index (χ1) is 16.7. The van der Waals surface area contributed by atoms with Gasteiger partial charge in [-0.2, -0.15) is 0 Å². The molecule has 0 saturated carbocycles. The van der Waals surface area contributed by atoms with Gasteiger partial charge in [-0.3, -0.25) is 0 Å². The molecule has 0 spiro atoms. The van der Waals surface area contributed by atoms with Crippen molar-refractivity contribution < 1.29 is 18.9 Å². The van der Waals surface area contributed by atoms with Gasteiger partial charge in [0.15, 0.2) is 23.3 Å². The van der Waals surface area contributed by atoms with Gasteiger partial charge in [0.05, 0.1) is 36.4 Å². The van der Waals surface area contributed by atoms with Gasteiger partial charge in [0.25, 0.3) is 0 Å². The first-order valence-corrected chi connectivity index (χ1v) is 11.2. The number of anilines is 1. The average Bonchev–Trinajstić information content (AvgIpc) is 3.30. The molecule has 6 rings (SSSR count). The lowest BCUT2D eigenvalue weighted by molar-refractivity contribution is 0.0786. The van der Waals surface area contributed by atoms with Gasteiger partial charge in [0, 0.05) is 44.4 Å². The van der Waals surface area contributed by atoms with Crippen LogP contribution in [0.4, 0.5) is 5.69 Å². The molecule has 0 radical (unpaired) electrons. The molecule has 0 bridgehead atoms. The van der Waals surface area contributed by atoms with Gasteiger partial charge in [-0.15, -0.1) is 0 Å². The smallest absolute Gasteiger partial charge is 0.212 e. The van der Waals surface area contributed by atoms with E-state index in [1.165, 1.54) is 0 Å². The lowest BCUT2D eigenvalue weighted by atomic mass is 10.0. The van der Waals surface area contributed by atoms with Crippen LogP contribution in [0.1, 0.15) is 22.9 Å². The number of fused-ring (bicyclic) bond motifs is 2. The fourth-order valence-corrected chi connectivity index (χ4v) is 4.37. The monoisotopic (exact) mass is 459 g/mol. The molecule has 1 saturated heterocycles. The largest absolute Gasteiger partial charge is 0.485 e. The Morgan fingerprint density at radius 1 is 1.09 bits per heavy atom. The van der Waals surface area contributed by atoms with Gasteiger partial charge >= 0.3 is 0 Å². The predicted molar refractivity (Wildman–Crippen MR) is 126 cm³/mol. The highest BCUT2D eigenvalue weighted by Gasteiger charge is 2.29. The maximum atomic E-state index is 6.20. The quantitative estimate of drug-likeness (QED) is 0.469. The SMILES string of the molecule is COc1ccc(C2COc3cc(Cc4nc5nc[nH]c5cc4N4CC(OC)C4)ccc3O2)cn1. The Kier molecular flexibility index (Phi) is 5.18. The van der Waals surface area contributed by atoms with Crippen molar-refractivity contribution in [3.05, 3.63) is 65.7 Å². The molecule has 5 heterocycles. The summed E-state index contributed by atoms with van der Waals surface area (Å²) >= 11 is 0. The molecule has 1 fully saturated rings. The molecule has 2 aliphatic heterocycles. The topological polar surface area (TPSA) is 94.6 Å². The van der Waals surface area contributed by atoms with Gasteiger partial charge in [-0.1, -0.05) is 6.07 Å². The average molecular weight is 460 g/mol. The number of H-pyrrole nitrogens is 1. The molecular weight excluding hydrogens is 434 g/mol. The van der Waals surface area contributed by atoms with Gasteiger partial charge < -0.3 is 28.8 Å². The van der Waals surface area contributed by atoms with Crippen molar-refractivity contribution in [1.82, 2.24) is 19.9 Å².